The summed E-state index contributed by atoms with van der Waals surface area (Å²) in [6.07, 6.45) is 0. The maximum atomic E-state index is 10.8. The zero-order chi connectivity index (χ0) is 14.7. The van der Waals surface area contributed by atoms with Crippen molar-refractivity contribution in [2.45, 2.75) is 11.8 Å². The van der Waals surface area contributed by atoms with Gasteiger partial charge in [0.2, 0.25) is 0 Å². The minimum Gasteiger partial charge on any atom is -0.507 e. The van der Waals surface area contributed by atoms with Crippen LogP contribution in [-0.2, 0) is 0 Å². The second kappa shape index (κ2) is 6.19. The van der Waals surface area contributed by atoms with Gasteiger partial charge in [-0.05, 0) is 64.6 Å². The van der Waals surface area contributed by atoms with Crippen LogP contribution in [0.5, 0.6) is 5.75 Å². The first-order valence-corrected chi connectivity index (χ1v) is 7.33. The molecule has 104 valence electrons. The number of carbonyl (C=O) groups is 1. The van der Waals surface area contributed by atoms with Crippen LogP contribution in [0.2, 0.25) is 0 Å². The second-order valence-electron chi connectivity index (χ2n) is 4.18. The lowest BCUT2D eigenvalue weighted by Gasteiger charge is -2.09. The van der Waals surface area contributed by atoms with Gasteiger partial charge in [0.05, 0.1) is 0 Å². The average molecular weight is 354 g/mol. The highest BCUT2D eigenvalue weighted by Crippen LogP contribution is 2.30. The van der Waals surface area contributed by atoms with E-state index < -0.39 is 5.97 Å². The summed E-state index contributed by atoms with van der Waals surface area (Å²) in [5, 5.41) is 18.4. The highest BCUT2D eigenvalue weighted by molar-refractivity contribution is 9.10. The molecule has 0 aliphatic heterocycles. The zero-order valence-electron chi connectivity index (χ0n) is 10.6. The van der Waals surface area contributed by atoms with E-state index in [4.69, 9.17) is 5.11 Å². The smallest absolute Gasteiger partial charge is 0.339 e. The van der Waals surface area contributed by atoms with Gasteiger partial charge in [0, 0.05) is 21.1 Å². The van der Waals surface area contributed by atoms with Gasteiger partial charge < -0.3 is 14.9 Å². The highest BCUT2D eigenvalue weighted by Gasteiger charge is 2.10. The number of hydrogen-bond donors (Lipinski definition) is 3. The molecule has 0 aliphatic carbocycles. The largest absolute Gasteiger partial charge is 0.507 e. The van der Waals surface area contributed by atoms with E-state index in [2.05, 4.69) is 20.7 Å². The number of aryl methyl sites for hydroxylation is 1. The Morgan fingerprint density at radius 1 is 1.25 bits per heavy atom. The van der Waals surface area contributed by atoms with Crippen LogP contribution in [0.15, 0.2) is 45.8 Å². The van der Waals surface area contributed by atoms with Crippen molar-refractivity contribution < 1.29 is 15.0 Å². The van der Waals surface area contributed by atoms with Crippen LogP contribution in [0.4, 0.5) is 5.69 Å². The van der Waals surface area contributed by atoms with Crippen molar-refractivity contribution >= 4 is 39.5 Å². The molecule has 3 N–H and O–H groups in total. The Kier molecular flexibility index (Phi) is 4.57. The van der Waals surface area contributed by atoms with Gasteiger partial charge in [-0.25, -0.2) is 4.79 Å². The van der Waals surface area contributed by atoms with E-state index in [0.29, 0.717) is 5.69 Å². The van der Waals surface area contributed by atoms with Gasteiger partial charge in [-0.2, -0.15) is 0 Å². The summed E-state index contributed by atoms with van der Waals surface area (Å²) in [6.45, 7) is 2.01. The minimum absolute atomic E-state index is 0.114. The zero-order valence-corrected chi connectivity index (χ0v) is 13.0. The Labute approximate surface area is 129 Å². The predicted octanol–water partition coefficient (Wildman–Crippen LogP) is 4.28. The molecular formula is C14H12BrNO3S. The average Bonchev–Trinajstić information content (AvgIpc) is 2.37. The fourth-order valence-electron chi connectivity index (χ4n) is 1.58. The van der Waals surface area contributed by atoms with Gasteiger partial charge >= 0.3 is 5.97 Å². The van der Waals surface area contributed by atoms with E-state index in [1.165, 1.54) is 24.1 Å². The van der Waals surface area contributed by atoms with Gasteiger partial charge in [0.25, 0.3) is 0 Å². The van der Waals surface area contributed by atoms with Crippen LogP contribution in [0.1, 0.15) is 15.9 Å². The van der Waals surface area contributed by atoms with E-state index in [9.17, 15) is 9.90 Å². The number of aromatic carboxylic acids is 1. The Hall–Kier alpha value is -1.66. The number of carboxylic acid groups (broad SMARTS) is 1. The molecule has 0 spiro atoms. The molecule has 0 bridgehead atoms. The molecule has 0 unspecified atom stereocenters. The molecule has 2 aromatic rings. The molecule has 0 saturated heterocycles. The van der Waals surface area contributed by atoms with E-state index in [0.717, 1.165) is 14.9 Å². The third-order valence-electron chi connectivity index (χ3n) is 2.59. The van der Waals surface area contributed by atoms with Crippen molar-refractivity contribution in [1.82, 2.24) is 0 Å². The number of phenols is 1. The summed E-state index contributed by atoms with van der Waals surface area (Å²) in [7, 11) is 0. The number of rotatable bonds is 4. The van der Waals surface area contributed by atoms with Gasteiger partial charge in [0.1, 0.15) is 11.3 Å². The topological polar surface area (TPSA) is 69.6 Å². The molecule has 4 nitrogen and oxygen atoms in total. The summed E-state index contributed by atoms with van der Waals surface area (Å²) < 4.78 is 4.04. The number of anilines is 1. The van der Waals surface area contributed by atoms with Gasteiger partial charge in [-0.3, -0.25) is 0 Å². The van der Waals surface area contributed by atoms with E-state index >= 15 is 0 Å². The number of hydrogen-bond acceptors (Lipinski definition) is 4. The summed E-state index contributed by atoms with van der Waals surface area (Å²) in [5.41, 5.74) is 1.67. The van der Waals surface area contributed by atoms with Crippen molar-refractivity contribution in [3.63, 3.8) is 0 Å². The third-order valence-corrected chi connectivity index (χ3v) is 4.43. The lowest BCUT2D eigenvalue weighted by atomic mass is 10.2. The molecule has 0 amide bonds. The van der Waals surface area contributed by atoms with E-state index in [-0.39, 0.29) is 11.3 Å². The quantitative estimate of drug-likeness (QED) is 0.715. The van der Waals surface area contributed by atoms with Crippen molar-refractivity contribution in [2.75, 3.05) is 4.72 Å². The fraction of sp³-hybridized carbons (Fsp3) is 0.0714. The molecule has 2 rings (SSSR count). The minimum atomic E-state index is -1.15. The Morgan fingerprint density at radius 3 is 2.60 bits per heavy atom. The van der Waals surface area contributed by atoms with Crippen molar-refractivity contribution in [2.24, 2.45) is 0 Å². The Bertz CT molecular complexity index is 661. The fourth-order valence-corrected chi connectivity index (χ4v) is 2.96. The summed E-state index contributed by atoms with van der Waals surface area (Å²) in [6, 6.07) is 10.3. The van der Waals surface area contributed by atoms with E-state index in [1.54, 1.807) is 6.07 Å². The second-order valence-corrected chi connectivity index (χ2v) is 5.88. The normalized spacial score (nSPS) is 10.3. The highest BCUT2D eigenvalue weighted by atomic mass is 79.9. The lowest BCUT2D eigenvalue weighted by molar-refractivity contribution is 0.0694. The van der Waals surface area contributed by atoms with Gasteiger partial charge in [-0.1, -0.05) is 6.07 Å². The van der Waals surface area contributed by atoms with Crippen LogP contribution < -0.4 is 4.72 Å². The first-order chi connectivity index (χ1) is 9.47. The molecule has 0 fully saturated rings. The molecule has 0 atom stereocenters. The Morgan fingerprint density at radius 2 is 2.00 bits per heavy atom. The van der Waals surface area contributed by atoms with Crippen LogP contribution in [-0.4, -0.2) is 16.2 Å². The molecule has 0 saturated carbocycles. The first-order valence-electron chi connectivity index (χ1n) is 5.72. The van der Waals surface area contributed by atoms with E-state index in [1.807, 2.05) is 25.1 Å². The predicted molar refractivity (Wildman–Crippen MR) is 83.4 cm³/mol. The SMILES string of the molecule is Cc1ccc(SNc2ccc(C(=O)O)c(O)c2)c(Br)c1. The van der Waals surface area contributed by atoms with Crippen molar-refractivity contribution in [1.29, 1.82) is 0 Å². The van der Waals surface area contributed by atoms with Crippen molar-refractivity contribution in [3.8, 4) is 5.75 Å². The Balaban J connectivity index is 2.11. The number of aromatic hydroxyl groups is 1. The summed E-state index contributed by atoms with van der Waals surface area (Å²) in [5.74, 6) is -1.41. The summed E-state index contributed by atoms with van der Waals surface area (Å²) in [4.78, 5) is 11.8. The van der Waals surface area contributed by atoms with Crippen LogP contribution in [0, 0.1) is 6.92 Å². The van der Waals surface area contributed by atoms with Crippen LogP contribution in [0.25, 0.3) is 0 Å². The van der Waals surface area contributed by atoms with Crippen LogP contribution in [0.3, 0.4) is 0 Å². The lowest BCUT2D eigenvalue weighted by Crippen LogP contribution is -1.97. The van der Waals surface area contributed by atoms with Gasteiger partial charge in [0.15, 0.2) is 0 Å². The molecule has 6 heteroatoms. The monoisotopic (exact) mass is 353 g/mol. The third kappa shape index (κ3) is 3.46. The van der Waals surface area contributed by atoms with Crippen LogP contribution >= 0.6 is 27.9 Å². The number of benzene rings is 2. The molecule has 0 radical (unpaired) electrons. The number of carboxylic acids is 1. The number of nitrogens with one attached hydrogen (secondary N) is 1. The molecule has 0 aliphatic rings. The molecule has 20 heavy (non-hydrogen) atoms. The van der Waals surface area contributed by atoms with Crippen molar-refractivity contribution in [3.05, 3.63) is 52.0 Å². The maximum Gasteiger partial charge on any atom is 0.339 e. The standard InChI is InChI=1S/C14H12BrNO3S/c1-8-2-5-13(11(15)6-8)20-16-9-3-4-10(14(18)19)12(17)7-9/h2-7,16-17H,1H3,(H,18,19). The van der Waals surface area contributed by atoms with Gasteiger partial charge in [-0.15, -0.1) is 0 Å². The molecule has 0 aromatic heterocycles. The summed E-state index contributed by atoms with van der Waals surface area (Å²) >= 11 is 4.85. The molecule has 2 aromatic carbocycles. The maximum absolute atomic E-state index is 10.8. The first kappa shape index (κ1) is 14.7. The molecular weight excluding hydrogens is 342 g/mol. The number of halogens is 1. The molecule has 0 heterocycles.